The average Bonchev–Trinajstić information content (AvgIpc) is 2.96. The number of imide groups is 1. The zero-order valence-electron chi connectivity index (χ0n) is 14.8. The van der Waals surface area contributed by atoms with E-state index in [1.165, 1.54) is 26.2 Å². The van der Waals surface area contributed by atoms with Crippen molar-refractivity contribution in [2.75, 3.05) is 13.7 Å². The van der Waals surface area contributed by atoms with Crippen molar-refractivity contribution in [3.63, 3.8) is 0 Å². The van der Waals surface area contributed by atoms with Gasteiger partial charge >= 0.3 is 5.97 Å². The molecule has 0 fully saturated rings. The van der Waals surface area contributed by atoms with Crippen LogP contribution >= 0.6 is 0 Å². The van der Waals surface area contributed by atoms with E-state index >= 15 is 0 Å². The van der Waals surface area contributed by atoms with Crippen LogP contribution in [0.15, 0.2) is 48.5 Å². The van der Waals surface area contributed by atoms with Crippen LogP contribution < -0.4 is 4.74 Å². The van der Waals surface area contributed by atoms with Gasteiger partial charge in [0.15, 0.2) is 12.4 Å². The van der Waals surface area contributed by atoms with Gasteiger partial charge in [0, 0.05) is 5.56 Å². The maximum Gasteiger partial charge on any atom is 0.329 e. The van der Waals surface area contributed by atoms with Crippen LogP contribution in [-0.4, -0.2) is 48.2 Å². The molecule has 1 atom stereocenters. The monoisotopic (exact) mass is 367 g/mol. The number of fused-ring (bicyclic) bond motifs is 1. The molecule has 0 aromatic heterocycles. The number of methoxy groups -OCH3 is 1. The van der Waals surface area contributed by atoms with Crippen molar-refractivity contribution >= 4 is 23.6 Å². The van der Waals surface area contributed by atoms with E-state index in [4.69, 9.17) is 9.47 Å². The minimum atomic E-state index is -1.14. The molecule has 0 aliphatic carbocycles. The van der Waals surface area contributed by atoms with Gasteiger partial charge in [-0.05, 0) is 43.3 Å². The fourth-order valence-electron chi connectivity index (χ4n) is 2.78. The Morgan fingerprint density at radius 2 is 1.52 bits per heavy atom. The van der Waals surface area contributed by atoms with Crippen LogP contribution in [-0.2, 0) is 9.53 Å². The Bertz CT molecular complexity index is 883. The zero-order valence-corrected chi connectivity index (χ0v) is 14.8. The highest BCUT2D eigenvalue weighted by molar-refractivity contribution is 6.22. The molecule has 2 aromatic carbocycles. The fourth-order valence-corrected chi connectivity index (χ4v) is 2.78. The molecule has 7 nitrogen and oxygen atoms in total. The molecule has 0 N–H and O–H groups in total. The Kier molecular flexibility index (Phi) is 5.03. The Morgan fingerprint density at radius 1 is 0.963 bits per heavy atom. The van der Waals surface area contributed by atoms with Crippen LogP contribution in [0, 0.1) is 0 Å². The number of hydrogen-bond acceptors (Lipinski definition) is 6. The van der Waals surface area contributed by atoms with Gasteiger partial charge in [0.05, 0.1) is 18.2 Å². The second-order valence-corrected chi connectivity index (χ2v) is 5.96. The van der Waals surface area contributed by atoms with E-state index < -0.39 is 36.2 Å². The summed E-state index contributed by atoms with van der Waals surface area (Å²) in [5.41, 5.74) is 0.852. The first-order valence-corrected chi connectivity index (χ1v) is 8.25. The smallest absolute Gasteiger partial charge is 0.329 e. The average molecular weight is 367 g/mol. The lowest BCUT2D eigenvalue weighted by Crippen LogP contribution is -2.44. The van der Waals surface area contributed by atoms with Crippen molar-refractivity contribution in [3.8, 4) is 5.75 Å². The van der Waals surface area contributed by atoms with Crippen LogP contribution in [0.25, 0.3) is 0 Å². The van der Waals surface area contributed by atoms with E-state index in [0.29, 0.717) is 11.3 Å². The largest absolute Gasteiger partial charge is 0.497 e. The summed E-state index contributed by atoms with van der Waals surface area (Å²) in [7, 11) is 1.51. The summed E-state index contributed by atoms with van der Waals surface area (Å²) in [5, 5.41) is 0. The highest BCUT2D eigenvalue weighted by Crippen LogP contribution is 2.24. The topological polar surface area (TPSA) is 90.0 Å². The quantitative estimate of drug-likeness (QED) is 0.441. The molecule has 3 rings (SSSR count). The molecule has 0 saturated heterocycles. The number of nitrogens with zero attached hydrogens (tertiary/aromatic N) is 1. The third-order valence-electron chi connectivity index (χ3n) is 4.31. The number of carbonyl (C=O) groups is 4. The van der Waals surface area contributed by atoms with Crippen molar-refractivity contribution < 1.29 is 28.7 Å². The minimum Gasteiger partial charge on any atom is -0.497 e. The Labute approximate surface area is 155 Å². The molecular weight excluding hydrogens is 350 g/mol. The van der Waals surface area contributed by atoms with Crippen LogP contribution in [0.1, 0.15) is 38.0 Å². The molecule has 0 bridgehead atoms. The maximum atomic E-state index is 12.4. The molecule has 0 spiro atoms. The van der Waals surface area contributed by atoms with Gasteiger partial charge in [0.2, 0.25) is 0 Å². The number of ether oxygens (including phenoxy) is 2. The lowest BCUT2D eigenvalue weighted by Gasteiger charge is -2.20. The van der Waals surface area contributed by atoms with Crippen molar-refractivity contribution in [3.05, 3.63) is 65.2 Å². The first-order valence-electron chi connectivity index (χ1n) is 8.25. The third-order valence-corrected chi connectivity index (χ3v) is 4.31. The summed E-state index contributed by atoms with van der Waals surface area (Å²) in [4.78, 5) is 50.0. The number of amides is 2. The van der Waals surface area contributed by atoms with Crippen LogP contribution in [0.3, 0.4) is 0 Å². The normalized spacial score (nSPS) is 13.9. The second-order valence-electron chi connectivity index (χ2n) is 5.96. The van der Waals surface area contributed by atoms with Gasteiger partial charge in [0.25, 0.3) is 11.8 Å². The van der Waals surface area contributed by atoms with Crippen LogP contribution in [0.2, 0.25) is 0 Å². The fraction of sp³-hybridized carbons (Fsp3) is 0.200. The van der Waals surface area contributed by atoms with E-state index in [1.807, 2.05) is 0 Å². The van der Waals surface area contributed by atoms with Gasteiger partial charge in [-0.1, -0.05) is 12.1 Å². The SMILES string of the molecule is COc1ccc(C(=O)COC(=O)C(C)N2C(=O)c3ccccc3C2=O)cc1. The molecule has 1 aliphatic heterocycles. The number of rotatable bonds is 6. The zero-order chi connectivity index (χ0) is 19.6. The molecule has 2 aromatic rings. The lowest BCUT2D eigenvalue weighted by atomic mass is 10.1. The van der Waals surface area contributed by atoms with Gasteiger partial charge in [0.1, 0.15) is 11.8 Å². The third kappa shape index (κ3) is 3.44. The molecule has 2 amide bonds. The Balaban J connectivity index is 1.63. The Morgan fingerprint density at radius 3 is 2.04 bits per heavy atom. The molecule has 1 aliphatic rings. The summed E-state index contributed by atoms with van der Waals surface area (Å²) in [6.45, 7) is 0.903. The first-order chi connectivity index (χ1) is 12.9. The summed E-state index contributed by atoms with van der Waals surface area (Å²) >= 11 is 0. The summed E-state index contributed by atoms with van der Waals surface area (Å²) < 4.78 is 10.0. The number of carbonyl (C=O) groups excluding carboxylic acids is 4. The van der Waals surface area contributed by atoms with Gasteiger partial charge < -0.3 is 9.47 Å². The van der Waals surface area contributed by atoms with Crippen molar-refractivity contribution in [1.29, 1.82) is 0 Å². The van der Waals surface area contributed by atoms with Gasteiger partial charge in [-0.2, -0.15) is 0 Å². The minimum absolute atomic E-state index is 0.247. The summed E-state index contributed by atoms with van der Waals surface area (Å²) in [6, 6.07) is 11.6. The molecular formula is C20H17NO6. The van der Waals surface area contributed by atoms with E-state index in [2.05, 4.69) is 0 Å². The predicted octanol–water partition coefficient (Wildman–Crippen LogP) is 2.11. The molecule has 138 valence electrons. The molecule has 1 unspecified atom stereocenters. The highest BCUT2D eigenvalue weighted by atomic mass is 16.5. The van der Waals surface area contributed by atoms with E-state index in [-0.39, 0.29) is 11.1 Å². The lowest BCUT2D eigenvalue weighted by molar-refractivity contribution is -0.146. The number of benzene rings is 2. The van der Waals surface area contributed by atoms with Crippen molar-refractivity contribution in [1.82, 2.24) is 4.90 Å². The summed E-state index contributed by atoms with van der Waals surface area (Å²) in [6.07, 6.45) is 0. The molecule has 1 heterocycles. The Hall–Kier alpha value is -3.48. The van der Waals surface area contributed by atoms with Crippen LogP contribution in [0.5, 0.6) is 5.75 Å². The van der Waals surface area contributed by atoms with Gasteiger partial charge in [-0.3, -0.25) is 19.3 Å². The number of hydrogen-bond donors (Lipinski definition) is 0. The van der Waals surface area contributed by atoms with E-state index in [1.54, 1.807) is 36.4 Å². The molecule has 27 heavy (non-hydrogen) atoms. The second kappa shape index (κ2) is 7.41. The maximum absolute atomic E-state index is 12.4. The van der Waals surface area contributed by atoms with Crippen molar-refractivity contribution in [2.45, 2.75) is 13.0 Å². The van der Waals surface area contributed by atoms with E-state index in [9.17, 15) is 19.2 Å². The molecule has 0 saturated carbocycles. The number of esters is 1. The summed E-state index contributed by atoms with van der Waals surface area (Å²) in [5.74, 6) is -1.74. The molecule has 0 radical (unpaired) electrons. The predicted molar refractivity (Wildman–Crippen MR) is 94.7 cm³/mol. The van der Waals surface area contributed by atoms with Gasteiger partial charge in [-0.15, -0.1) is 0 Å². The highest BCUT2D eigenvalue weighted by Gasteiger charge is 2.41. The van der Waals surface area contributed by atoms with Gasteiger partial charge in [-0.25, -0.2) is 4.79 Å². The van der Waals surface area contributed by atoms with Crippen LogP contribution in [0.4, 0.5) is 0 Å². The van der Waals surface area contributed by atoms with E-state index in [0.717, 1.165) is 4.90 Å². The number of ketones is 1. The van der Waals surface area contributed by atoms with Crippen molar-refractivity contribution in [2.24, 2.45) is 0 Å². The standard InChI is InChI=1S/C20H17NO6/c1-12(21-18(23)15-5-3-4-6-16(15)19(21)24)20(25)27-11-17(22)13-7-9-14(26-2)10-8-13/h3-10,12H,11H2,1-2H3. The first kappa shape index (κ1) is 18.3. The molecule has 7 heteroatoms. The number of Topliss-reactive ketones (excluding diaryl/α,β-unsaturated/α-hetero) is 1.